The Hall–Kier alpha value is -2.38. The van der Waals surface area contributed by atoms with Gasteiger partial charge in [-0.2, -0.15) is 8.78 Å². The highest BCUT2D eigenvalue weighted by Gasteiger charge is 2.36. The van der Waals surface area contributed by atoms with E-state index in [2.05, 4.69) is 30.9 Å². The molecule has 2 aliphatic heterocycles. The Labute approximate surface area is 204 Å². The van der Waals surface area contributed by atoms with Gasteiger partial charge in [-0.15, -0.1) is 0 Å². The lowest BCUT2D eigenvalue weighted by atomic mass is 10.0. The first-order chi connectivity index (χ1) is 16.2. The molecule has 1 unspecified atom stereocenters. The van der Waals surface area contributed by atoms with Crippen molar-refractivity contribution < 1.29 is 23.0 Å². The molecule has 0 spiro atoms. The van der Waals surface area contributed by atoms with Crippen molar-refractivity contribution in [1.29, 1.82) is 0 Å². The second-order valence-corrected chi connectivity index (χ2v) is 10.1. The molecule has 1 fully saturated rings. The van der Waals surface area contributed by atoms with E-state index in [1.165, 1.54) is 5.56 Å². The van der Waals surface area contributed by atoms with Gasteiger partial charge in [0, 0.05) is 26.2 Å². The monoisotopic (exact) mass is 492 g/mol. The number of carbonyl (C=O) groups excluding carboxylic acids is 1. The highest BCUT2D eigenvalue weighted by molar-refractivity contribution is 6.32. The van der Waals surface area contributed by atoms with Crippen LogP contribution in [0.25, 0.3) is 0 Å². The van der Waals surface area contributed by atoms with Crippen LogP contribution in [0, 0.1) is 11.8 Å². The van der Waals surface area contributed by atoms with Crippen molar-refractivity contribution in [3.05, 3.63) is 58.6 Å². The van der Waals surface area contributed by atoms with Crippen LogP contribution < -0.4 is 9.47 Å². The Balaban J connectivity index is 1.46. The van der Waals surface area contributed by atoms with Crippen LogP contribution in [-0.2, 0) is 17.9 Å². The van der Waals surface area contributed by atoms with Crippen molar-refractivity contribution in [2.24, 2.45) is 11.8 Å². The van der Waals surface area contributed by atoms with E-state index in [0.29, 0.717) is 13.1 Å². The number of likely N-dealkylation sites (tertiary alicyclic amines) is 1. The lowest BCUT2D eigenvalue weighted by Gasteiger charge is -2.28. The van der Waals surface area contributed by atoms with Gasteiger partial charge in [0.15, 0.2) is 24.7 Å². The van der Waals surface area contributed by atoms with E-state index in [9.17, 15) is 13.6 Å². The van der Waals surface area contributed by atoms with Crippen molar-refractivity contribution in [3.8, 4) is 11.5 Å². The summed E-state index contributed by atoms with van der Waals surface area (Å²) in [5.74, 6) is -2.46. The number of halogens is 3. The fraction of sp³-hybridized carbons (Fsp3) is 0.500. The zero-order valence-electron chi connectivity index (χ0n) is 19.6. The Kier molecular flexibility index (Phi) is 7.63. The largest absolute Gasteiger partial charge is 0.483 e. The summed E-state index contributed by atoms with van der Waals surface area (Å²) < 4.78 is 38.0. The predicted octanol–water partition coefficient (Wildman–Crippen LogP) is 5.25. The van der Waals surface area contributed by atoms with Crippen LogP contribution in [0.3, 0.4) is 0 Å². The summed E-state index contributed by atoms with van der Waals surface area (Å²) in [5.41, 5.74) is 1.97. The minimum atomic E-state index is -3.09. The minimum absolute atomic E-state index is 0.0722. The molecule has 2 aliphatic rings. The predicted molar refractivity (Wildman–Crippen MR) is 127 cm³/mol. The van der Waals surface area contributed by atoms with Crippen LogP contribution in [0.4, 0.5) is 8.78 Å². The number of benzene rings is 2. The molecule has 0 saturated carbocycles. The zero-order chi connectivity index (χ0) is 24.3. The summed E-state index contributed by atoms with van der Waals surface area (Å²) in [5, 5.41) is 0.206. The van der Waals surface area contributed by atoms with E-state index in [1.807, 2.05) is 23.1 Å². The quantitative estimate of drug-likeness (QED) is 0.529. The van der Waals surface area contributed by atoms with E-state index in [-0.39, 0.29) is 34.3 Å². The van der Waals surface area contributed by atoms with Gasteiger partial charge in [-0.1, -0.05) is 55.8 Å². The first kappa shape index (κ1) is 24.7. The lowest BCUT2D eigenvalue weighted by molar-refractivity contribution is -0.136. The molecule has 5 nitrogen and oxygen atoms in total. The molecule has 2 aromatic carbocycles. The van der Waals surface area contributed by atoms with Gasteiger partial charge in [-0.25, -0.2) is 0 Å². The molecule has 0 radical (unpaired) electrons. The second kappa shape index (κ2) is 10.5. The molecule has 34 heavy (non-hydrogen) atoms. The third kappa shape index (κ3) is 6.19. The number of alkyl halides is 2. The van der Waals surface area contributed by atoms with Crippen molar-refractivity contribution in [3.63, 3.8) is 0 Å². The molecular weight excluding hydrogens is 462 g/mol. The highest BCUT2D eigenvalue weighted by atomic mass is 35.5. The fourth-order valence-corrected chi connectivity index (χ4v) is 4.82. The Morgan fingerprint density at radius 3 is 2.65 bits per heavy atom. The number of hydrogen-bond acceptors (Lipinski definition) is 4. The first-order valence-corrected chi connectivity index (χ1v) is 12.1. The third-order valence-corrected chi connectivity index (χ3v) is 6.36. The molecule has 0 N–H and O–H groups in total. The Morgan fingerprint density at radius 1 is 1.18 bits per heavy atom. The van der Waals surface area contributed by atoms with Gasteiger partial charge in [0.25, 0.3) is 0 Å². The summed E-state index contributed by atoms with van der Waals surface area (Å²) in [4.78, 5) is 17.7. The first-order valence-electron chi connectivity index (χ1n) is 11.7. The molecule has 1 saturated heterocycles. The van der Waals surface area contributed by atoms with Gasteiger partial charge < -0.3 is 14.4 Å². The summed E-state index contributed by atoms with van der Waals surface area (Å²) >= 11 is 6.34. The van der Waals surface area contributed by atoms with Gasteiger partial charge in [-0.3, -0.25) is 9.69 Å². The Morgan fingerprint density at radius 2 is 1.91 bits per heavy atom. The maximum Gasteiger partial charge on any atom is 0.314 e. The van der Waals surface area contributed by atoms with Crippen LogP contribution in [-0.4, -0.2) is 54.5 Å². The fourth-order valence-electron chi connectivity index (χ4n) is 4.53. The molecule has 0 aromatic heterocycles. The molecule has 0 aliphatic carbocycles. The second-order valence-electron chi connectivity index (χ2n) is 9.66. The topological polar surface area (TPSA) is 42.0 Å². The van der Waals surface area contributed by atoms with Crippen molar-refractivity contribution >= 4 is 17.5 Å². The average Bonchev–Trinajstić information content (AvgIpc) is 3.18. The smallest absolute Gasteiger partial charge is 0.314 e. The maximum atomic E-state index is 13.7. The van der Waals surface area contributed by atoms with E-state index < -0.39 is 19.1 Å². The number of hydrogen-bond donors (Lipinski definition) is 0. The zero-order valence-corrected chi connectivity index (χ0v) is 20.4. The number of carbonyl (C=O) groups is 1. The molecule has 2 heterocycles. The molecule has 8 heteroatoms. The normalized spacial score (nSPS) is 19.8. The molecular formula is C26H31ClF2N2O3. The van der Waals surface area contributed by atoms with Crippen LogP contribution in [0.2, 0.25) is 5.02 Å². The summed E-state index contributed by atoms with van der Waals surface area (Å²) in [6, 6.07) is 13.6. The molecule has 1 atom stereocenters. The summed E-state index contributed by atoms with van der Waals surface area (Å²) in [6.07, 6.45) is 0.817. The van der Waals surface area contributed by atoms with E-state index in [1.54, 1.807) is 12.1 Å². The Bertz CT molecular complexity index is 1000. The van der Waals surface area contributed by atoms with Crippen molar-refractivity contribution in [1.82, 2.24) is 9.80 Å². The lowest BCUT2D eigenvalue weighted by Crippen LogP contribution is -2.39. The van der Waals surface area contributed by atoms with Crippen LogP contribution in [0.5, 0.6) is 11.5 Å². The molecule has 4 rings (SSSR count). The van der Waals surface area contributed by atoms with Crippen LogP contribution >= 0.6 is 11.6 Å². The van der Waals surface area contributed by atoms with Gasteiger partial charge in [0.2, 0.25) is 5.91 Å². The standard InChI is InChI=1S/C26H31ClF2N2O3/c1-18(2)12-31(25(32)21-8-9-30(15-21)13-19-6-4-3-5-7-19)14-20-10-22(27)24-23(11-20)33-16-26(28,29)17-34-24/h3-7,10-11,18,21H,8-9,12-17H2,1-2H3. The van der Waals surface area contributed by atoms with E-state index >= 15 is 0 Å². The molecule has 184 valence electrons. The molecule has 2 aromatic rings. The van der Waals surface area contributed by atoms with Crippen molar-refractivity contribution in [2.75, 3.05) is 32.8 Å². The minimum Gasteiger partial charge on any atom is -0.483 e. The van der Waals surface area contributed by atoms with Crippen LogP contribution in [0.1, 0.15) is 31.4 Å². The van der Waals surface area contributed by atoms with E-state index in [0.717, 1.165) is 31.6 Å². The highest BCUT2D eigenvalue weighted by Crippen LogP contribution is 2.40. The summed E-state index contributed by atoms with van der Waals surface area (Å²) in [6.45, 7) is 5.95. The van der Waals surface area contributed by atoms with Gasteiger partial charge in [-0.05, 0) is 42.1 Å². The third-order valence-electron chi connectivity index (χ3n) is 6.08. The average molecular weight is 493 g/mol. The van der Waals surface area contributed by atoms with Crippen molar-refractivity contribution in [2.45, 2.75) is 39.3 Å². The number of ether oxygens (including phenoxy) is 2. The number of amides is 1. The molecule has 1 amide bonds. The summed E-state index contributed by atoms with van der Waals surface area (Å²) in [7, 11) is 0. The van der Waals surface area contributed by atoms with E-state index in [4.69, 9.17) is 21.1 Å². The number of fused-ring (bicyclic) bond motifs is 1. The van der Waals surface area contributed by atoms with Gasteiger partial charge >= 0.3 is 5.92 Å². The number of nitrogens with zero attached hydrogens (tertiary/aromatic N) is 2. The number of rotatable bonds is 7. The molecule has 0 bridgehead atoms. The maximum absolute atomic E-state index is 13.7. The van der Waals surface area contributed by atoms with Gasteiger partial charge in [0.05, 0.1) is 10.9 Å². The SMILES string of the molecule is CC(C)CN(Cc1cc(Cl)c2c(c1)OCC(F)(F)CO2)C(=O)C1CCN(Cc2ccccc2)C1. The van der Waals surface area contributed by atoms with Crippen LogP contribution in [0.15, 0.2) is 42.5 Å². The van der Waals surface area contributed by atoms with Gasteiger partial charge in [0.1, 0.15) is 0 Å².